The van der Waals surface area contributed by atoms with Crippen LogP contribution in [0.15, 0.2) is 6.08 Å². The third-order valence-electron chi connectivity index (χ3n) is 2.12. The lowest BCUT2D eigenvalue weighted by molar-refractivity contribution is 0.0582. The smallest absolute Gasteiger partial charge is 0.374 e. The predicted molar refractivity (Wildman–Crippen MR) is 47.3 cm³/mol. The van der Waals surface area contributed by atoms with Gasteiger partial charge in [-0.15, -0.1) is 0 Å². The first kappa shape index (κ1) is 8.04. The van der Waals surface area contributed by atoms with Crippen molar-refractivity contribution in [2.75, 3.05) is 7.11 Å². The van der Waals surface area contributed by atoms with E-state index in [4.69, 9.17) is 0 Å². The highest BCUT2D eigenvalue weighted by Gasteiger charge is 2.20. The third kappa shape index (κ3) is 1.06. The first-order valence-electron chi connectivity index (χ1n) is 4.06. The molecule has 0 aromatic carbocycles. The highest BCUT2D eigenvalue weighted by molar-refractivity contribution is 5.86. The van der Waals surface area contributed by atoms with E-state index in [-0.39, 0.29) is 5.97 Å². The van der Waals surface area contributed by atoms with E-state index in [9.17, 15) is 4.79 Å². The fourth-order valence-corrected chi connectivity index (χ4v) is 1.50. The van der Waals surface area contributed by atoms with Gasteiger partial charge in [0, 0.05) is 6.54 Å². The van der Waals surface area contributed by atoms with E-state index < -0.39 is 0 Å². The molecule has 0 N–H and O–H groups in total. The quantitative estimate of drug-likeness (QED) is 0.603. The molecule has 68 valence electrons. The Hall–Kier alpha value is -1.58. The maximum Gasteiger partial charge on any atom is 0.374 e. The van der Waals surface area contributed by atoms with Crippen LogP contribution >= 0.6 is 0 Å². The van der Waals surface area contributed by atoms with Gasteiger partial charge in [0.25, 0.3) is 0 Å². The van der Waals surface area contributed by atoms with Crippen LogP contribution in [0.2, 0.25) is 0 Å². The standard InChI is InChI=1S/C9H10N2O2/c1-6-7-4-3-5-11(7)8(10-6)9(12)13-2/h3-4H,5H2,1-2H3. The molecule has 4 nitrogen and oxygen atoms in total. The first-order chi connectivity index (χ1) is 6.24. The minimum Gasteiger partial charge on any atom is -0.463 e. The molecule has 1 aliphatic rings. The molecule has 0 atom stereocenters. The van der Waals surface area contributed by atoms with E-state index in [1.165, 1.54) is 7.11 Å². The molecule has 2 heterocycles. The van der Waals surface area contributed by atoms with Gasteiger partial charge in [0.2, 0.25) is 5.82 Å². The molecule has 4 heteroatoms. The van der Waals surface area contributed by atoms with E-state index in [2.05, 4.69) is 9.72 Å². The Morgan fingerprint density at radius 1 is 1.69 bits per heavy atom. The largest absolute Gasteiger partial charge is 0.463 e. The zero-order valence-corrected chi connectivity index (χ0v) is 7.57. The molecule has 1 aromatic heterocycles. The Balaban J connectivity index is 2.51. The summed E-state index contributed by atoms with van der Waals surface area (Å²) in [5.74, 6) is 0.0121. The summed E-state index contributed by atoms with van der Waals surface area (Å²) >= 11 is 0. The zero-order chi connectivity index (χ0) is 9.42. The number of allylic oxidation sites excluding steroid dienone is 1. The average Bonchev–Trinajstić information content (AvgIpc) is 2.68. The van der Waals surface area contributed by atoms with Crippen LogP contribution in [0, 0.1) is 6.92 Å². The van der Waals surface area contributed by atoms with Crippen LogP contribution in [0.3, 0.4) is 0 Å². The summed E-state index contributed by atoms with van der Waals surface area (Å²) in [4.78, 5) is 15.4. The number of ether oxygens (including phenoxy) is 1. The van der Waals surface area contributed by atoms with Gasteiger partial charge >= 0.3 is 5.97 Å². The molecule has 13 heavy (non-hydrogen) atoms. The SMILES string of the molecule is COC(=O)c1nc(C)c2n1CC=C2. The number of aromatic nitrogens is 2. The van der Waals surface area contributed by atoms with Crippen molar-refractivity contribution in [1.29, 1.82) is 0 Å². The summed E-state index contributed by atoms with van der Waals surface area (Å²) in [7, 11) is 1.36. The van der Waals surface area contributed by atoms with E-state index in [0.29, 0.717) is 12.4 Å². The second-order valence-electron chi connectivity index (χ2n) is 2.91. The Bertz CT molecular complexity index is 391. The van der Waals surface area contributed by atoms with E-state index >= 15 is 0 Å². The Kier molecular flexibility index (Phi) is 1.69. The minimum absolute atomic E-state index is 0.377. The Labute approximate surface area is 75.8 Å². The van der Waals surface area contributed by atoms with Crippen molar-refractivity contribution in [1.82, 2.24) is 9.55 Å². The molecule has 0 spiro atoms. The summed E-state index contributed by atoms with van der Waals surface area (Å²) < 4.78 is 6.47. The number of carbonyl (C=O) groups excluding carboxylic acids is 1. The zero-order valence-electron chi connectivity index (χ0n) is 7.57. The maximum absolute atomic E-state index is 11.3. The lowest BCUT2D eigenvalue weighted by Gasteiger charge is -2.00. The van der Waals surface area contributed by atoms with Gasteiger partial charge in [-0.2, -0.15) is 0 Å². The summed E-state index contributed by atoms with van der Waals surface area (Å²) in [5.41, 5.74) is 1.87. The van der Waals surface area contributed by atoms with Crippen LogP contribution < -0.4 is 0 Å². The normalized spacial score (nSPS) is 13.1. The Morgan fingerprint density at radius 3 is 3.15 bits per heavy atom. The van der Waals surface area contributed by atoms with Gasteiger partial charge in [0.15, 0.2) is 0 Å². The molecule has 0 saturated carbocycles. The van der Waals surface area contributed by atoms with Crippen LogP contribution in [0.4, 0.5) is 0 Å². The monoisotopic (exact) mass is 178 g/mol. The van der Waals surface area contributed by atoms with Gasteiger partial charge in [0.05, 0.1) is 18.5 Å². The molecule has 0 amide bonds. The first-order valence-corrected chi connectivity index (χ1v) is 4.06. The summed E-state index contributed by atoms with van der Waals surface area (Å²) in [6, 6.07) is 0. The van der Waals surface area contributed by atoms with Crippen LogP contribution in [0.1, 0.15) is 22.0 Å². The number of carbonyl (C=O) groups is 1. The number of fused-ring (bicyclic) bond motifs is 1. The number of nitrogens with zero attached hydrogens (tertiary/aromatic N) is 2. The van der Waals surface area contributed by atoms with Crippen LogP contribution in [-0.4, -0.2) is 22.6 Å². The lowest BCUT2D eigenvalue weighted by Crippen LogP contribution is -2.10. The minimum atomic E-state index is -0.377. The van der Waals surface area contributed by atoms with Gasteiger partial charge in [-0.05, 0) is 13.0 Å². The third-order valence-corrected chi connectivity index (χ3v) is 2.12. The number of aryl methyl sites for hydroxylation is 1. The molecular weight excluding hydrogens is 168 g/mol. The molecule has 2 rings (SSSR count). The van der Waals surface area contributed by atoms with Crippen molar-refractivity contribution in [3.8, 4) is 0 Å². The van der Waals surface area contributed by atoms with Crippen molar-refractivity contribution >= 4 is 12.0 Å². The van der Waals surface area contributed by atoms with Crippen molar-refractivity contribution in [2.45, 2.75) is 13.5 Å². The second kappa shape index (κ2) is 2.73. The maximum atomic E-state index is 11.3. The molecule has 0 bridgehead atoms. The van der Waals surface area contributed by atoms with Gasteiger partial charge < -0.3 is 9.30 Å². The Morgan fingerprint density at radius 2 is 2.46 bits per heavy atom. The lowest BCUT2D eigenvalue weighted by atomic mass is 10.3. The highest BCUT2D eigenvalue weighted by Crippen LogP contribution is 2.18. The highest BCUT2D eigenvalue weighted by atomic mass is 16.5. The van der Waals surface area contributed by atoms with Crippen molar-refractivity contribution in [3.63, 3.8) is 0 Å². The molecule has 0 aliphatic carbocycles. The second-order valence-corrected chi connectivity index (χ2v) is 2.91. The van der Waals surface area contributed by atoms with E-state index in [1.807, 2.05) is 23.6 Å². The predicted octanol–water partition coefficient (Wildman–Crippen LogP) is 1.00. The average molecular weight is 178 g/mol. The summed E-state index contributed by atoms with van der Waals surface area (Å²) in [5, 5.41) is 0. The molecule has 0 fully saturated rings. The fourth-order valence-electron chi connectivity index (χ4n) is 1.50. The molecule has 1 aliphatic heterocycles. The van der Waals surface area contributed by atoms with Crippen molar-refractivity contribution in [2.24, 2.45) is 0 Å². The van der Waals surface area contributed by atoms with Crippen molar-refractivity contribution in [3.05, 3.63) is 23.3 Å². The number of methoxy groups -OCH3 is 1. The molecular formula is C9H10N2O2. The van der Waals surface area contributed by atoms with Gasteiger partial charge in [-0.1, -0.05) is 6.08 Å². The van der Waals surface area contributed by atoms with Crippen LogP contribution in [0.25, 0.3) is 6.08 Å². The number of esters is 1. The van der Waals surface area contributed by atoms with Gasteiger partial charge in [-0.25, -0.2) is 9.78 Å². The van der Waals surface area contributed by atoms with Crippen LogP contribution in [-0.2, 0) is 11.3 Å². The summed E-state index contributed by atoms with van der Waals surface area (Å²) in [6.07, 6.45) is 3.96. The fraction of sp³-hybridized carbons (Fsp3) is 0.333. The van der Waals surface area contributed by atoms with E-state index in [1.54, 1.807) is 0 Å². The molecule has 0 radical (unpaired) electrons. The number of hydrogen-bond acceptors (Lipinski definition) is 3. The van der Waals surface area contributed by atoms with Gasteiger partial charge in [0.1, 0.15) is 0 Å². The number of rotatable bonds is 1. The molecule has 0 unspecified atom stereocenters. The van der Waals surface area contributed by atoms with Crippen molar-refractivity contribution < 1.29 is 9.53 Å². The molecule has 1 aromatic rings. The number of imidazole rings is 1. The molecule has 0 saturated heterocycles. The van der Waals surface area contributed by atoms with Crippen LogP contribution in [0.5, 0.6) is 0 Å². The summed E-state index contributed by atoms with van der Waals surface area (Å²) in [6.45, 7) is 2.59. The van der Waals surface area contributed by atoms with Gasteiger partial charge in [-0.3, -0.25) is 0 Å². The topological polar surface area (TPSA) is 44.1 Å². The van der Waals surface area contributed by atoms with E-state index in [0.717, 1.165) is 11.4 Å². The number of hydrogen-bond donors (Lipinski definition) is 0.